The summed E-state index contributed by atoms with van der Waals surface area (Å²) in [6.07, 6.45) is 10.9. The third-order valence-corrected chi connectivity index (χ3v) is 2.68. The van der Waals surface area contributed by atoms with E-state index in [-0.39, 0.29) is 0 Å². The van der Waals surface area contributed by atoms with Gasteiger partial charge in [0, 0.05) is 6.20 Å². The van der Waals surface area contributed by atoms with Crippen molar-refractivity contribution in [2.24, 2.45) is 16.1 Å². The second-order valence-corrected chi connectivity index (χ2v) is 3.46. The van der Waals surface area contributed by atoms with E-state index in [2.05, 4.69) is 16.3 Å². The quantitative estimate of drug-likeness (QED) is 0.549. The number of hydrogen-bond donors (Lipinski definition) is 0. The van der Waals surface area contributed by atoms with E-state index in [1.165, 1.54) is 32.1 Å². The van der Waals surface area contributed by atoms with Crippen molar-refractivity contribution in [1.29, 1.82) is 0 Å². The maximum Gasteiger partial charge on any atom is 0.0939 e. The number of azo groups is 1. The van der Waals surface area contributed by atoms with Gasteiger partial charge < -0.3 is 0 Å². The Kier molecular flexibility index (Phi) is 2.01. The molecule has 0 N–H and O–H groups in total. The minimum atomic E-state index is 0.426. The summed E-state index contributed by atoms with van der Waals surface area (Å²) in [5, 5.41) is 8.06. The molecule has 1 saturated carbocycles. The number of hydrogen-bond acceptors (Lipinski definition) is 2. The minimum Gasteiger partial charge on any atom is -0.181 e. The van der Waals surface area contributed by atoms with Gasteiger partial charge in [0.25, 0.3) is 0 Å². The Morgan fingerprint density at radius 2 is 1.91 bits per heavy atom. The average Bonchev–Trinajstić information content (AvgIpc) is 2.58. The summed E-state index contributed by atoms with van der Waals surface area (Å²) in [4.78, 5) is 0. The molecule has 1 heterocycles. The zero-order valence-corrected chi connectivity index (χ0v) is 6.74. The molecule has 0 saturated heterocycles. The van der Waals surface area contributed by atoms with E-state index >= 15 is 0 Å². The Morgan fingerprint density at radius 1 is 1.09 bits per heavy atom. The molecule has 2 nitrogen and oxygen atoms in total. The predicted octanol–water partition coefficient (Wildman–Crippen LogP) is 2.91. The third kappa shape index (κ3) is 1.50. The van der Waals surface area contributed by atoms with Crippen LogP contribution in [0.2, 0.25) is 0 Å². The summed E-state index contributed by atoms with van der Waals surface area (Å²) in [6.45, 7) is 0. The van der Waals surface area contributed by atoms with Gasteiger partial charge in [-0.3, -0.25) is 0 Å². The second-order valence-electron chi connectivity index (χ2n) is 3.46. The van der Waals surface area contributed by atoms with Gasteiger partial charge in [0.1, 0.15) is 0 Å². The molecular formula is C9H14N2. The lowest BCUT2D eigenvalue weighted by Gasteiger charge is -2.23. The summed E-state index contributed by atoms with van der Waals surface area (Å²) in [5.41, 5.74) is 0. The second kappa shape index (κ2) is 3.16. The number of rotatable bonds is 1. The highest BCUT2D eigenvalue weighted by Gasteiger charge is 2.22. The monoisotopic (exact) mass is 150 g/mol. The van der Waals surface area contributed by atoms with Crippen LogP contribution in [0.25, 0.3) is 0 Å². The van der Waals surface area contributed by atoms with Crippen molar-refractivity contribution in [3.63, 3.8) is 0 Å². The maximum absolute atomic E-state index is 4.17. The van der Waals surface area contributed by atoms with Crippen LogP contribution in [0.5, 0.6) is 0 Å². The molecule has 0 aromatic carbocycles. The van der Waals surface area contributed by atoms with Gasteiger partial charge in [-0.2, -0.15) is 10.2 Å². The summed E-state index contributed by atoms with van der Waals surface area (Å²) in [7, 11) is 0. The van der Waals surface area contributed by atoms with Crippen LogP contribution in [0.4, 0.5) is 0 Å². The molecule has 2 heteroatoms. The Hall–Kier alpha value is -0.660. The van der Waals surface area contributed by atoms with Gasteiger partial charge in [-0.05, 0) is 24.8 Å². The van der Waals surface area contributed by atoms with E-state index < -0.39 is 0 Å². The summed E-state index contributed by atoms with van der Waals surface area (Å²) >= 11 is 0. The maximum atomic E-state index is 4.17. The fourth-order valence-corrected chi connectivity index (χ4v) is 2.01. The first kappa shape index (κ1) is 7.01. The van der Waals surface area contributed by atoms with E-state index in [0.29, 0.717) is 6.04 Å². The highest BCUT2D eigenvalue weighted by Crippen LogP contribution is 2.29. The van der Waals surface area contributed by atoms with Crippen LogP contribution in [0, 0.1) is 5.92 Å². The molecule has 0 spiro atoms. The fourth-order valence-electron chi connectivity index (χ4n) is 2.01. The van der Waals surface area contributed by atoms with Crippen molar-refractivity contribution >= 4 is 0 Å². The molecule has 0 bridgehead atoms. The van der Waals surface area contributed by atoms with Gasteiger partial charge in [0.2, 0.25) is 0 Å². The fraction of sp³-hybridized carbons (Fsp3) is 0.778. The molecule has 1 fully saturated rings. The molecule has 1 aliphatic heterocycles. The van der Waals surface area contributed by atoms with Crippen LogP contribution in [0.1, 0.15) is 32.1 Å². The van der Waals surface area contributed by atoms with Gasteiger partial charge in [-0.1, -0.05) is 19.3 Å². The molecule has 0 aromatic heterocycles. The summed E-state index contributed by atoms with van der Waals surface area (Å²) in [6, 6.07) is 0.426. The lowest BCUT2D eigenvalue weighted by molar-refractivity contribution is 0.332. The van der Waals surface area contributed by atoms with E-state index in [0.717, 1.165) is 5.92 Å². The summed E-state index contributed by atoms with van der Waals surface area (Å²) < 4.78 is 0. The zero-order chi connectivity index (χ0) is 7.52. The van der Waals surface area contributed by atoms with Crippen molar-refractivity contribution < 1.29 is 0 Å². The molecule has 60 valence electrons. The van der Waals surface area contributed by atoms with Crippen molar-refractivity contribution in [2.75, 3.05) is 0 Å². The first-order valence-electron chi connectivity index (χ1n) is 4.53. The predicted molar refractivity (Wildman–Crippen MR) is 44.4 cm³/mol. The molecule has 1 aliphatic carbocycles. The third-order valence-electron chi connectivity index (χ3n) is 2.68. The Bertz CT molecular complexity index is 166. The molecule has 11 heavy (non-hydrogen) atoms. The topological polar surface area (TPSA) is 24.7 Å². The van der Waals surface area contributed by atoms with Crippen LogP contribution in [0.15, 0.2) is 22.5 Å². The van der Waals surface area contributed by atoms with Crippen LogP contribution in [-0.4, -0.2) is 6.04 Å². The highest BCUT2D eigenvalue weighted by atomic mass is 15.1. The van der Waals surface area contributed by atoms with Gasteiger partial charge >= 0.3 is 0 Å². The lowest BCUT2D eigenvalue weighted by Crippen LogP contribution is -2.17. The molecule has 1 unspecified atom stereocenters. The van der Waals surface area contributed by atoms with Crippen LogP contribution in [-0.2, 0) is 0 Å². The molecule has 0 radical (unpaired) electrons. The van der Waals surface area contributed by atoms with Gasteiger partial charge in [-0.15, -0.1) is 0 Å². The normalized spacial score (nSPS) is 31.5. The van der Waals surface area contributed by atoms with Crippen LogP contribution in [0.3, 0.4) is 0 Å². The Morgan fingerprint density at radius 3 is 2.55 bits per heavy atom. The van der Waals surface area contributed by atoms with Crippen LogP contribution < -0.4 is 0 Å². The van der Waals surface area contributed by atoms with E-state index in [4.69, 9.17) is 0 Å². The van der Waals surface area contributed by atoms with Gasteiger partial charge in [0.05, 0.1) is 6.04 Å². The first-order chi connectivity index (χ1) is 5.47. The summed E-state index contributed by atoms with van der Waals surface area (Å²) in [5.74, 6) is 0.797. The minimum absolute atomic E-state index is 0.426. The van der Waals surface area contributed by atoms with Crippen LogP contribution >= 0.6 is 0 Å². The molecule has 0 aromatic rings. The smallest absolute Gasteiger partial charge is 0.0939 e. The van der Waals surface area contributed by atoms with E-state index in [9.17, 15) is 0 Å². The molecule has 0 amide bonds. The van der Waals surface area contributed by atoms with Crippen molar-refractivity contribution in [2.45, 2.75) is 38.1 Å². The Balaban J connectivity index is 1.92. The highest BCUT2D eigenvalue weighted by molar-refractivity contribution is 5.00. The van der Waals surface area contributed by atoms with Gasteiger partial charge in [0.15, 0.2) is 0 Å². The van der Waals surface area contributed by atoms with E-state index in [1.807, 2.05) is 6.20 Å². The molecule has 2 aliphatic rings. The average molecular weight is 150 g/mol. The van der Waals surface area contributed by atoms with Crippen molar-refractivity contribution in [3.8, 4) is 0 Å². The number of nitrogens with zero attached hydrogens (tertiary/aromatic N) is 2. The molecule has 2 rings (SSSR count). The largest absolute Gasteiger partial charge is 0.181 e. The Labute approximate surface area is 67.4 Å². The van der Waals surface area contributed by atoms with Gasteiger partial charge in [-0.25, -0.2) is 0 Å². The first-order valence-corrected chi connectivity index (χ1v) is 4.53. The standard InChI is InChI=1S/C9H14N2/c1-2-4-8(5-3-1)9-6-7-10-11-9/h6-9H,1-5H2. The lowest BCUT2D eigenvalue weighted by atomic mass is 9.84. The zero-order valence-electron chi connectivity index (χ0n) is 6.74. The van der Waals surface area contributed by atoms with Crippen molar-refractivity contribution in [1.82, 2.24) is 0 Å². The van der Waals surface area contributed by atoms with Crippen molar-refractivity contribution in [3.05, 3.63) is 12.3 Å². The molecule has 1 atom stereocenters. The molecular weight excluding hydrogens is 136 g/mol. The van der Waals surface area contributed by atoms with E-state index in [1.54, 1.807) is 0 Å². The SMILES string of the molecule is C1=CC(C2CCCCC2)N=N1.